The first-order chi connectivity index (χ1) is 10.2. The number of benzene rings is 1. The Kier molecular flexibility index (Phi) is 4.37. The molecule has 2 N–H and O–H groups in total. The van der Waals surface area contributed by atoms with E-state index in [4.69, 9.17) is 5.73 Å². The smallest absolute Gasteiger partial charge is 0.0360 e. The van der Waals surface area contributed by atoms with Gasteiger partial charge < -0.3 is 5.73 Å². The van der Waals surface area contributed by atoms with Crippen molar-refractivity contribution in [1.29, 1.82) is 0 Å². The average Bonchev–Trinajstić information content (AvgIpc) is 2.70. The summed E-state index contributed by atoms with van der Waals surface area (Å²) in [5.74, 6) is 1.57. The van der Waals surface area contributed by atoms with Gasteiger partial charge in [-0.05, 0) is 61.6 Å². The summed E-state index contributed by atoms with van der Waals surface area (Å²) in [5.41, 5.74) is 9.63. The molecule has 3 unspecified atom stereocenters. The molecule has 2 aliphatic rings. The van der Waals surface area contributed by atoms with Crippen LogP contribution >= 0.6 is 0 Å². The van der Waals surface area contributed by atoms with E-state index in [1.54, 1.807) is 5.56 Å². The number of rotatable bonds is 2. The minimum absolute atomic E-state index is 0.226. The molecular formula is C19H30N2. The van der Waals surface area contributed by atoms with E-state index < -0.39 is 0 Å². The maximum absolute atomic E-state index is 6.33. The van der Waals surface area contributed by atoms with Crippen LogP contribution in [0.1, 0.15) is 50.7 Å². The molecule has 116 valence electrons. The molecule has 1 aliphatic carbocycles. The van der Waals surface area contributed by atoms with Gasteiger partial charge in [0.25, 0.3) is 0 Å². The van der Waals surface area contributed by atoms with Crippen LogP contribution in [-0.4, -0.2) is 23.5 Å². The third-order valence-electron chi connectivity index (χ3n) is 6.08. The van der Waals surface area contributed by atoms with Crippen LogP contribution in [0.15, 0.2) is 24.3 Å². The van der Waals surface area contributed by atoms with Gasteiger partial charge in [0.15, 0.2) is 0 Å². The number of nitrogens with zero attached hydrogens (tertiary/aromatic N) is 1. The minimum Gasteiger partial charge on any atom is -0.329 e. The maximum Gasteiger partial charge on any atom is 0.0360 e. The Morgan fingerprint density at radius 1 is 1.24 bits per heavy atom. The molecule has 2 heteroatoms. The van der Waals surface area contributed by atoms with E-state index in [0.717, 1.165) is 19.0 Å². The van der Waals surface area contributed by atoms with Crippen molar-refractivity contribution in [3.8, 4) is 0 Å². The molecule has 1 heterocycles. The molecule has 21 heavy (non-hydrogen) atoms. The van der Waals surface area contributed by atoms with Crippen LogP contribution < -0.4 is 5.73 Å². The van der Waals surface area contributed by atoms with Gasteiger partial charge in [0.2, 0.25) is 0 Å². The maximum atomic E-state index is 6.33. The Bertz CT molecular complexity index is 484. The highest BCUT2D eigenvalue weighted by Gasteiger charge is 2.43. The summed E-state index contributed by atoms with van der Waals surface area (Å²) in [6.45, 7) is 7.92. The molecule has 0 bridgehead atoms. The minimum atomic E-state index is 0.226. The first-order valence-corrected chi connectivity index (χ1v) is 8.67. The summed E-state index contributed by atoms with van der Waals surface area (Å²) >= 11 is 0. The summed E-state index contributed by atoms with van der Waals surface area (Å²) in [5, 5.41) is 0. The first-order valence-electron chi connectivity index (χ1n) is 8.67. The quantitative estimate of drug-likeness (QED) is 0.900. The van der Waals surface area contributed by atoms with Gasteiger partial charge in [0.05, 0.1) is 0 Å². The standard InChI is InChI=1S/C19H30N2/c1-15-9-10-19(14-20,16(2)12-15)21-11-5-8-17-6-3-4-7-18(17)13-21/h3-4,6-7,15-16H,5,8-14,20H2,1-2H3. The highest BCUT2D eigenvalue weighted by atomic mass is 15.2. The van der Waals surface area contributed by atoms with Crippen LogP contribution in [0, 0.1) is 11.8 Å². The fraction of sp³-hybridized carbons (Fsp3) is 0.684. The summed E-state index contributed by atoms with van der Waals surface area (Å²) in [6.07, 6.45) is 6.42. The molecule has 1 fully saturated rings. The van der Waals surface area contributed by atoms with Gasteiger partial charge in [-0.3, -0.25) is 4.90 Å². The summed E-state index contributed by atoms with van der Waals surface area (Å²) in [4.78, 5) is 2.73. The zero-order valence-electron chi connectivity index (χ0n) is 13.6. The number of hydrogen-bond donors (Lipinski definition) is 1. The van der Waals surface area contributed by atoms with Crippen LogP contribution in [0.3, 0.4) is 0 Å². The Balaban J connectivity index is 1.87. The summed E-state index contributed by atoms with van der Waals surface area (Å²) in [6, 6.07) is 8.98. The third kappa shape index (κ3) is 2.76. The van der Waals surface area contributed by atoms with Gasteiger partial charge in [0.1, 0.15) is 0 Å². The van der Waals surface area contributed by atoms with Crippen LogP contribution in [-0.2, 0) is 13.0 Å². The monoisotopic (exact) mass is 286 g/mol. The lowest BCUT2D eigenvalue weighted by Crippen LogP contribution is -2.59. The zero-order valence-corrected chi connectivity index (χ0v) is 13.6. The predicted octanol–water partition coefficient (Wildman–Crippen LogP) is 3.59. The zero-order chi connectivity index (χ0) is 14.9. The topological polar surface area (TPSA) is 29.3 Å². The molecule has 0 saturated heterocycles. The second kappa shape index (κ2) is 6.10. The lowest BCUT2D eigenvalue weighted by Gasteiger charge is -2.51. The van der Waals surface area contributed by atoms with Crippen LogP contribution in [0.5, 0.6) is 0 Å². The fourth-order valence-corrected chi connectivity index (χ4v) is 4.67. The Morgan fingerprint density at radius 2 is 2.00 bits per heavy atom. The molecule has 0 amide bonds. The van der Waals surface area contributed by atoms with Crippen molar-refractivity contribution in [2.75, 3.05) is 13.1 Å². The van der Waals surface area contributed by atoms with Crippen molar-refractivity contribution in [2.45, 2.75) is 58.0 Å². The molecule has 0 aromatic heterocycles. The number of fused-ring (bicyclic) bond motifs is 1. The molecule has 1 aliphatic heterocycles. The normalized spacial score (nSPS) is 34.2. The van der Waals surface area contributed by atoms with Crippen molar-refractivity contribution in [2.24, 2.45) is 17.6 Å². The van der Waals surface area contributed by atoms with E-state index in [1.807, 2.05) is 0 Å². The molecular weight excluding hydrogens is 256 g/mol. The number of hydrogen-bond acceptors (Lipinski definition) is 2. The van der Waals surface area contributed by atoms with Gasteiger partial charge in [-0.1, -0.05) is 38.1 Å². The first kappa shape index (κ1) is 15.1. The number of nitrogens with two attached hydrogens (primary N) is 1. The van der Waals surface area contributed by atoms with Crippen LogP contribution in [0.25, 0.3) is 0 Å². The molecule has 0 spiro atoms. The SMILES string of the molecule is CC1CCC(CN)(N2CCCc3ccccc3C2)C(C)C1. The van der Waals surface area contributed by atoms with E-state index in [9.17, 15) is 0 Å². The van der Waals surface area contributed by atoms with E-state index in [1.165, 1.54) is 44.2 Å². The largest absolute Gasteiger partial charge is 0.329 e. The molecule has 1 aromatic rings. The third-order valence-corrected chi connectivity index (χ3v) is 6.08. The lowest BCUT2D eigenvalue weighted by atomic mass is 9.69. The molecule has 3 atom stereocenters. The van der Waals surface area contributed by atoms with Crippen LogP contribution in [0.4, 0.5) is 0 Å². The van der Waals surface area contributed by atoms with Crippen molar-refractivity contribution in [3.63, 3.8) is 0 Å². The highest BCUT2D eigenvalue weighted by Crippen LogP contribution is 2.41. The van der Waals surface area contributed by atoms with Gasteiger partial charge in [0, 0.05) is 18.6 Å². The van der Waals surface area contributed by atoms with Gasteiger partial charge in [-0.2, -0.15) is 0 Å². The second-order valence-corrected chi connectivity index (χ2v) is 7.38. The van der Waals surface area contributed by atoms with Crippen LogP contribution in [0.2, 0.25) is 0 Å². The Morgan fingerprint density at radius 3 is 2.71 bits per heavy atom. The van der Waals surface area contributed by atoms with E-state index in [2.05, 4.69) is 43.0 Å². The summed E-state index contributed by atoms with van der Waals surface area (Å²) < 4.78 is 0. The molecule has 1 saturated carbocycles. The van der Waals surface area contributed by atoms with Crippen molar-refractivity contribution in [3.05, 3.63) is 35.4 Å². The number of aryl methyl sites for hydroxylation is 1. The molecule has 1 aromatic carbocycles. The average molecular weight is 286 g/mol. The predicted molar refractivity (Wildman–Crippen MR) is 89.1 cm³/mol. The van der Waals surface area contributed by atoms with Crippen molar-refractivity contribution in [1.82, 2.24) is 4.90 Å². The highest BCUT2D eigenvalue weighted by molar-refractivity contribution is 5.28. The Labute approximate surface area is 129 Å². The molecule has 3 rings (SSSR count). The Hall–Kier alpha value is -0.860. The van der Waals surface area contributed by atoms with Gasteiger partial charge in [-0.15, -0.1) is 0 Å². The van der Waals surface area contributed by atoms with Gasteiger partial charge in [-0.25, -0.2) is 0 Å². The van der Waals surface area contributed by atoms with E-state index in [0.29, 0.717) is 5.92 Å². The van der Waals surface area contributed by atoms with E-state index >= 15 is 0 Å². The molecule has 2 nitrogen and oxygen atoms in total. The lowest BCUT2D eigenvalue weighted by molar-refractivity contribution is -0.00534. The second-order valence-electron chi connectivity index (χ2n) is 7.38. The van der Waals surface area contributed by atoms with Crippen molar-refractivity contribution < 1.29 is 0 Å². The van der Waals surface area contributed by atoms with Crippen molar-refractivity contribution >= 4 is 0 Å². The summed E-state index contributed by atoms with van der Waals surface area (Å²) in [7, 11) is 0. The fourth-order valence-electron chi connectivity index (χ4n) is 4.67. The van der Waals surface area contributed by atoms with Gasteiger partial charge >= 0.3 is 0 Å². The molecule has 0 radical (unpaired) electrons. The van der Waals surface area contributed by atoms with E-state index in [-0.39, 0.29) is 5.54 Å².